The predicted molar refractivity (Wildman–Crippen MR) is 96.9 cm³/mol. The Kier molecular flexibility index (Phi) is 7.29. The third-order valence-electron chi connectivity index (χ3n) is 3.00. The van der Waals surface area contributed by atoms with Gasteiger partial charge in [-0.1, -0.05) is 18.7 Å². The Morgan fingerprint density at radius 2 is 2.12 bits per heavy atom. The fourth-order valence-corrected chi connectivity index (χ4v) is 1.96. The van der Waals surface area contributed by atoms with Crippen LogP contribution in [-0.4, -0.2) is 36.3 Å². The van der Waals surface area contributed by atoms with Gasteiger partial charge in [0.05, 0.1) is 12.4 Å². The van der Waals surface area contributed by atoms with Gasteiger partial charge in [0, 0.05) is 24.5 Å². The minimum atomic E-state index is -3.80. The first-order chi connectivity index (χ1) is 11.8. The summed E-state index contributed by atoms with van der Waals surface area (Å²) in [5, 5.41) is 2.21. The topological polar surface area (TPSA) is 53.9 Å². The third kappa shape index (κ3) is 5.41. The van der Waals surface area contributed by atoms with Crippen molar-refractivity contribution in [2.75, 3.05) is 12.4 Å². The highest BCUT2D eigenvalue weighted by Gasteiger charge is 2.43. The monoisotopic (exact) mass is 351 g/mol. The smallest absolute Gasteiger partial charge is 0.409 e. The van der Waals surface area contributed by atoms with E-state index in [4.69, 9.17) is 4.74 Å². The Balaban J connectivity index is 3.04. The average molecular weight is 351 g/mol. The second kappa shape index (κ2) is 8.96. The van der Waals surface area contributed by atoms with E-state index in [9.17, 15) is 13.6 Å². The molecule has 25 heavy (non-hydrogen) atoms. The number of hydrogen-bond donors (Lipinski definition) is 1. The lowest BCUT2D eigenvalue weighted by atomic mass is 10.1. The number of nitrogens with one attached hydrogen (secondary N) is 1. The minimum absolute atomic E-state index is 0.0498. The summed E-state index contributed by atoms with van der Waals surface area (Å²) >= 11 is 0. The summed E-state index contributed by atoms with van der Waals surface area (Å²) in [6.07, 6.45) is 4.82. The molecule has 0 aliphatic carbocycles. The van der Waals surface area contributed by atoms with Crippen LogP contribution < -0.4 is 10.1 Å². The Hall–Kier alpha value is -2.70. The zero-order valence-corrected chi connectivity index (χ0v) is 14.8. The molecule has 7 heteroatoms. The number of allylic oxidation sites excluding steroid dienone is 1. The number of alkyl halides is 2. The number of benzene rings is 1. The van der Waals surface area contributed by atoms with E-state index in [0.717, 1.165) is 12.5 Å². The largest absolute Gasteiger partial charge is 0.490 e. The van der Waals surface area contributed by atoms with E-state index in [1.54, 1.807) is 13.0 Å². The summed E-state index contributed by atoms with van der Waals surface area (Å²) in [4.78, 5) is 16.0. The maximum atomic E-state index is 14.3. The van der Waals surface area contributed by atoms with Gasteiger partial charge < -0.3 is 10.1 Å². The lowest BCUT2D eigenvalue weighted by Gasteiger charge is -2.25. The number of rotatable bonds is 8. The Morgan fingerprint density at radius 3 is 2.64 bits per heavy atom. The quantitative estimate of drug-likeness (QED) is 0.435. The third-order valence-corrected chi connectivity index (χ3v) is 3.00. The van der Waals surface area contributed by atoms with E-state index < -0.39 is 12.0 Å². The van der Waals surface area contributed by atoms with Gasteiger partial charge in [-0.2, -0.15) is 8.78 Å². The Labute approximate surface area is 146 Å². The van der Waals surface area contributed by atoms with Gasteiger partial charge in [0.25, 0.3) is 0 Å². The normalized spacial score (nSPS) is 12.0. The van der Waals surface area contributed by atoms with E-state index in [-0.39, 0.29) is 11.8 Å². The number of halogens is 2. The molecule has 0 bridgehead atoms. The zero-order valence-electron chi connectivity index (χ0n) is 14.8. The molecule has 1 rings (SSSR count). The van der Waals surface area contributed by atoms with Gasteiger partial charge in [0.15, 0.2) is 0 Å². The fraction of sp³-hybridized carbons (Fsp3) is 0.333. The van der Waals surface area contributed by atoms with Crippen LogP contribution in [0.25, 0.3) is 6.08 Å². The van der Waals surface area contributed by atoms with Crippen LogP contribution in [0.2, 0.25) is 0 Å². The second-order valence-electron chi connectivity index (χ2n) is 5.38. The summed E-state index contributed by atoms with van der Waals surface area (Å²) in [7, 11) is 1.34. The molecule has 1 aromatic rings. The highest BCUT2D eigenvalue weighted by atomic mass is 19.3. The van der Waals surface area contributed by atoms with Crippen LogP contribution in [0.5, 0.6) is 5.75 Å². The molecule has 1 aromatic carbocycles. The number of ether oxygens (including phenoxy) is 1. The molecule has 136 valence electrons. The maximum absolute atomic E-state index is 14.3. The molecule has 0 aliphatic heterocycles. The first-order valence-corrected chi connectivity index (χ1v) is 7.72. The number of hydrogen-bond acceptors (Lipinski definition) is 3. The van der Waals surface area contributed by atoms with Gasteiger partial charge >= 0.3 is 12.0 Å². The van der Waals surface area contributed by atoms with Crippen molar-refractivity contribution in [2.24, 2.45) is 4.99 Å². The van der Waals surface area contributed by atoms with Gasteiger partial charge in [0.2, 0.25) is 0 Å². The zero-order chi connectivity index (χ0) is 19.0. The lowest BCUT2D eigenvalue weighted by molar-refractivity contribution is -0.154. The first-order valence-electron chi connectivity index (χ1n) is 7.72. The van der Waals surface area contributed by atoms with Gasteiger partial charge in [-0.3, -0.25) is 14.7 Å². The van der Waals surface area contributed by atoms with Crippen LogP contribution in [-0.2, 0) is 4.79 Å². The number of carbonyl (C=O) groups excluding carboxylic acids is 1. The van der Waals surface area contributed by atoms with Crippen LogP contribution >= 0.6 is 0 Å². The molecule has 0 heterocycles. The molecule has 0 fully saturated rings. The molecule has 1 N–H and O–H groups in total. The molecule has 0 saturated heterocycles. The molecular formula is C18H23F2N3O2. The van der Waals surface area contributed by atoms with Crippen molar-refractivity contribution < 1.29 is 18.3 Å². The summed E-state index contributed by atoms with van der Waals surface area (Å²) in [5.41, 5.74) is 0.805. The van der Waals surface area contributed by atoms with Crippen molar-refractivity contribution in [1.29, 1.82) is 0 Å². The van der Waals surface area contributed by atoms with Gasteiger partial charge in [0.1, 0.15) is 5.75 Å². The van der Waals surface area contributed by atoms with Crippen LogP contribution in [0.4, 0.5) is 14.5 Å². The van der Waals surface area contributed by atoms with Gasteiger partial charge in [-0.25, -0.2) is 0 Å². The minimum Gasteiger partial charge on any atom is -0.490 e. The molecule has 1 amide bonds. The van der Waals surface area contributed by atoms with E-state index in [1.807, 2.05) is 13.8 Å². The van der Waals surface area contributed by atoms with E-state index in [1.165, 1.54) is 31.3 Å². The van der Waals surface area contributed by atoms with Crippen molar-refractivity contribution in [3.8, 4) is 5.75 Å². The number of carbonyl (C=O) groups is 1. The number of anilines is 1. The fourth-order valence-electron chi connectivity index (χ4n) is 1.96. The molecule has 0 unspecified atom stereocenters. The Bertz CT molecular complexity index is 658. The molecule has 0 radical (unpaired) electrons. The molecule has 0 aliphatic rings. The molecule has 0 saturated carbocycles. The number of amides is 1. The van der Waals surface area contributed by atoms with Crippen LogP contribution in [0.1, 0.15) is 26.3 Å². The highest BCUT2D eigenvalue weighted by Crippen LogP contribution is 2.27. The van der Waals surface area contributed by atoms with Crippen molar-refractivity contribution in [3.63, 3.8) is 0 Å². The summed E-state index contributed by atoms with van der Waals surface area (Å²) in [5.74, 6) is -0.915. The summed E-state index contributed by atoms with van der Waals surface area (Å²) < 4.78 is 34.2. The molecule has 0 aromatic heterocycles. The van der Waals surface area contributed by atoms with Crippen molar-refractivity contribution in [3.05, 3.63) is 42.6 Å². The van der Waals surface area contributed by atoms with E-state index in [2.05, 4.69) is 16.9 Å². The van der Waals surface area contributed by atoms with Crippen molar-refractivity contribution in [1.82, 2.24) is 4.90 Å². The van der Waals surface area contributed by atoms with Crippen LogP contribution in [0.3, 0.4) is 0 Å². The number of aliphatic imine (C=N–C) groups is 1. The highest BCUT2D eigenvalue weighted by molar-refractivity contribution is 5.97. The molecule has 0 atom stereocenters. The van der Waals surface area contributed by atoms with Gasteiger partial charge in [-0.05, 0) is 39.0 Å². The predicted octanol–water partition coefficient (Wildman–Crippen LogP) is 4.14. The first kappa shape index (κ1) is 20.3. The van der Waals surface area contributed by atoms with E-state index in [0.29, 0.717) is 16.2 Å². The second-order valence-corrected chi connectivity index (χ2v) is 5.38. The summed E-state index contributed by atoms with van der Waals surface area (Å²) in [6.45, 7) is 8.97. The Morgan fingerprint density at radius 1 is 1.44 bits per heavy atom. The molecule has 5 nitrogen and oxygen atoms in total. The maximum Gasteiger partial charge on any atom is 0.409 e. The average Bonchev–Trinajstić information content (AvgIpc) is 2.55. The standard InChI is InChI=1S/C18H23F2N3O2/c1-6-10-23(12-21-5)18(19,20)17(24)22-15-8-9-16(25-13(3)4)14(7-2)11-15/h6-13H,2H2,1,3-5H3,(H,22,24)/b10-6-,21-12+. The molecule has 0 spiro atoms. The summed E-state index contributed by atoms with van der Waals surface area (Å²) in [6, 6.07) is 0.814. The van der Waals surface area contributed by atoms with E-state index >= 15 is 0 Å². The van der Waals surface area contributed by atoms with Gasteiger partial charge in [-0.15, -0.1) is 0 Å². The van der Waals surface area contributed by atoms with Crippen molar-refractivity contribution in [2.45, 2.75) is 32.9 Å². The lowest BCUT2D eigenvalue weighted by Crippen LogP contribution is -2.47. The molecular weight excluding hydrogens is 328 g/mol. The van der Waals surface area contributed by atoms with Crippen LogP contribution in [0.15, 0.2) is 42.0 Å². The number of nitrogens with zero attached hydrogens (tertiary/aromatic N) is 2. The van der Waals surface area contributed by atoms with Crippen molar-refractivity contribution >= 4 is 24.0 Å². The SMILES string of the molecule is C=Cc1cc(NC(=O)C(F)(F)N(/C=C\C)/C=N/C)ccc1OC(C)C. The van der Waals surface area contributed by atoms with Crippen LogP contribution in [0, 0.1) is 0 Å².